The first kappa shape index (κ1) is 15.8. The van der Waals surface area contributed by atoms with Crippen molar-refractivity contribution >= 4 is 22.5 Å². The van der Waals surface area contributed by atoms with Crippen LogP contribution in [-0.2, 0) is 4.79 Å². The normalized spacial score (nSPS) is 19.9. The number of likely N-dealkylation sites (tertiary alicyclic amines) is 1. The van der Waals surface area contributed by atoms with E-state index in [1.807, 2.05) is 6.07 Å². The van der Waals surface area contributed by atoms with Crippen LogP contribution in [0.25, 0.3) is 10.9 Å². The lowest BCUT2D eigenvalue weighted by Gasteiger charge is -2.32. The van der Waals surface area contributed by atoms with Gasteiger partial charge in [0.05, 0.1) is 24.2 Å². The van der Waals surface area contributed by atoms with Gasteiger partial charge >= 0.3 is 6.18 Å². The maximum atomic E-state index is 12.5. The number of hydrogen-bond donors (Lipinski definition) is 2. The minimum atomic E-state index is -4.23. The molecule has 3 rings (SSSR count). The van der Waals surface area contributed by atoms with Crippen LogP contribution in [-0.4, -0.2) is 46.8 Å². The standard InChI is InChI=1S/C15H17F3N4O/c16-15(17,18)9-22-5-1-2-11(8-22)14(23)20-12-4-3-10-7-19-21-13(10)6-12/h3-4,6-7,11H,1-2,5,8-9H2,(H,19,21)(H,20,23)/t11-/m1/s1. The molecule has 1 atom stereocenters. The number of anilines is 1. The summed E-state index contributed by atoms with van der Waals surface area (Å²) in [5.74, 6) is -0.667. The van der Waals surface area contributed by atoms with E-state index in [9.17, 15) is 18.0 Å². The summed E-state index contributed by atoms with van der Waals surface area (Å²) in [7, 11) is 0. The minimum absolute atomic E-state index is 0.137. The minimum Gasteiger partial charge on any atom is -0.326 e. The first-order chi connectivity index (χ1) is 10.9. The molecule has 8 heteroatoms. The van der Waals surface area contributed by atoms with E-state index in [1.165, 1.54) is 4.90 Å². The molecule has 2 aromatic rings. The van der Waals surface area contributed by atoms with Crippen LogP contribution in [0, 0.1) is 5.92 Å². The molecule has 0 aliphatic carbocycles. The molecule has 1 aromatic carbocycles. The van der Waals surface area contributed by atoms with Gasteiger partial charge in [-0.2, -0.15) is 18.3 Å². The highest BCUT2D eigenvalue weighted by Gasteiger charge is 2.34. The number of piperidine rings is 1. The second kappa shape index (κ2) is 6.19. The quantitative estimate of drug-likeness (QED) is 0.912. The Bertz CT molecular complexity index is 697. The van der Waals surface area contributed by atoms with Crippen molar-refractivity contribution in [2.75, 3.05) is 25.0 Å². The van der Waals surface area contributed by atoms with Crippen LogP contribution < -0.4 is 5.32 Å². The number of H-pyrrole nitrogens is 1. The third-order valence-electron chi connectivity index (χ3n) is 3.99. The molecule has 0 spiro atoms. The van der Waals surface area contributed by atoms with Crippen molar-refractivity contribution in [1.29, 1.82) is 0 Å². The molecule has 124 valence electrons. The summed E-state index contributed by atoms with van der Waals surface area (Å²) in [5.41, 5.74) is 1.41. The molecule has 1 amide bonds. The molecule has 2 heterocycles. The SMILES string of the molecule is O=C(Nc1ccc2cn[nH]c2c1)[C@@H]1CCCN(CC(F)(F)F)C1. The van der Waals surface area contributed by atoms with Crippen LogP contribution in [0.1, 0.15) is 12.8 Å². The zero-order valence-corrected chi connectivity index (χ0v) is 12.4. The average molecular weight is 326 g/mol. The molecule has 5 nitrogen and oxygen atoms in total. The number of carbonyl (C=O) groups is 1. The summed E-state index contributed by atoms with van der Waals surface area (Å²) in [6, 6.07) is 5.34. The van der Waals surface area contributed by atoms with Gasteiger partial charge < -0.3 is 5.32 Å². The molecule has 0 saturated carbocycles. The Morgan fingerprint density at radius 3 is 3.04 bits per heavy atom. The Morgan fingerprint density at radius 2 is 2.26 bits per heavy atom. The maximum absolute atomic E-state index is 12.5. The highest BCUT2D eigenvalue weighted by molar-refractivity contribution is 5.95. The first-order valence-electron chi connectivity index (χ1n) is 7.44. The third-order valence-corrected chi connectivity index (χ3v) is 3.99. The van der Waals surface area contributed by atoms with Gasteiger partial charge in [-0.25, -0.2) is 0 Å². The highest BCUT2D eigenvalue weighted by atomic mass is 19.4. The number of carbonyl (C=O) groups excluding carboxylic acids is 1. The lowest BCUT2D eigenvalue weighted by atomic mass is 9.97. The van der Waals surface area contributed by atoms with E-state index >= 15 is 0 Å². The lowest BCUT2D eigenvalue weighted by molar-refractivity contribution is -0.151. The van der Waals surface area contributed by atoms with Gasteiger partial charge in [0.15, 0.2) is 0 Å². The number of aromatic amines is 1. The van der Waals surface area contributed by atoms with Crippen molar-refractivity contribution in [2.45, 2.75) is 19.0 Å². The molecule has 0 unspecified atom stereocenters. The van der Waals surface area contributed by atoms with Gasteiger partial charge in [0.1, 0.15) is 0 Å². The van der Waals surface area contributed by atoms with Crippen LogP contribution in [0.4, 0.5) is 18.9 Å². The lowest BCUT2D eigenvalue weighted by Crippen LogP contribution is -2.44. The fourth-order valence-corrected chi connectivity index (χ4v) is 2.93. The van der Waals surface area contributed by atoms with Crippen molar-refractivity contribution < 1.29 is 18.0 Å². The fraction of sp³-hybridized carbons (Fsp3) is 0.467. The van der Waals surface area contributed by atoms with E-state index in [0.717, 1.165) is 10.9 Å². The van der Waals surface area contributed by atoms with Gasteiger partial charge in [-0.3, -0.25) is 14.8 Å². The summed E-state index contributed by atoms with van der Waals surface area (Å²) in [5, 5.41) is 10.4. The van der Waals surface area contributed by atoms with E-state index in [0.29, 0.717) is 25.1 Å². The fourth-order valence-electron chi connectivity index (χ4n) is 2.93. The number of benzene rings is 1. The van der Waals surface area contributed by atoms with Crippen molar-refractivity contribution in [3.63, 3.8) is 0 Å². The van der Waals surface area contributed by atoms with Gasteiger partial charge in [0, 0.05) is 17.6 Å². The molecule has 23 heavy (non-hydrogen) atoms. The molecular formula is C15H17F3N4O. The van der Waals surface area contributed by atoms with Crippen LogP contribution in [0.3, 0.4) is 0 Å². The van der Waals surface area contributed by atoms with Gasteiger partial charge in [0.25, 0.3) is 0 Å². The van der Waals surface area contributed by atoms with Gasteiger partial charge in [-0.1, -0.05) is 0 Å². The zero-order valence-electron chi connectivity index (χ0n) is 12.4. The number of rotatable bonds is 3. The molecule has 1 aliphatic heterocycles. The molecule has 1 aliphatic rings. The predicted molar refractivity (Wildman–Crippen MR) is 79.9 cm³/mol. The van der Waals surface area contributed by atoms with Crippen molar-refractivity contribution in [3.05, 3.63) is 24.4 Å². The molecule has 2 N–H and O–H groups in total. The Balaban J connectivity index is 1.62. The largest absolute Gasteiger partial charge is 0.401 e. The third kappa shape index (κ3) is 4.01. The van der Waals surface area contributed by atoms with E-state index < -0.39 is 18.6 Å². The molecule has 0 bridgehead atoms. The second-order valence-electron chi connectivity index (χ2n) is 5.85. The summed E-state index contributed by atoms with van der Waals surface area (Å²) < 4.78 is 37.4. The van der Waals surface area contributed by atoms with Crippen molar-refractivity contribution in [2.24, 2.45) is 5.92 Å². The van der Waals surface area contributed by atoms with E-state index in [2.05, 4.69) is 15.5 Å². The molecule has 1 fully saturated rings. The van der Waals surface area contributed by atoms with Gasteiger partial charge in [0.2, 0.25) is 5.91 Å². The Kier molecular flexibility index (Phi) is 4.25. The number of amides is 1. The number of alkyl halides is 3. The maximum Gasteiger partial charge on any atom is 0.401 e. The number of nitrogens with zero attached hydrogens (tertiary/aromatic N) is 2. The number of halogens is 3. The topological polar surface area (TPSA) is 61.0 Å². The molecule has 1 aromatic heterocycles. The zero-order chi connectivity index (χ0) is 16.4. The monoisotopic (exact) mass is 326 g/mol. The highest BCUT2D eigenvalue weighted by Crippen LogP contribution is 2.24. The smallest absolute Gasteiger partial charge is 0.326 e. The summed E-state index contributed by atoms with van der Waals surface area (Å²) in [6.45, 7) is -0.447. The van der Waals surface area contributed by atoms with Crippen LogP contribution >= 0.6 is 0 Å². The van der Waals surface area contributed by atoms with E-state index in [4.69, 9.17) is 0 Å². The van der Waals surface area contributed by atoms with E-state index in [1.54, 1.807) is 18.3 Å². The van der Waals surface area contributed by atoms with Crippen molar-refractivity contribution in [3.8, 4) is 0 Å². The molecule has 1 saturated heterocycles. The van der Waals surface area contributed by atoms with E-state index in [-0.39, 0.29) is 12.5 Å². The molecule has 0 radical (unpaired) electrons. The Hall–Kier alpha value is -2.09. The number of aromatic nitrogens is 2. The summed E-state index contributed by atoms with van der Waals surface area (Å²) >= 11 is 0. The first-order valence-corrected chi connectivity index (χ1v) is 7.44. The number of nitrogens with one attached hydrogen (secondary N) is 2. The average Bonchev–Trinajstić information content (AvgIpc) is 2.93. The summed E-state index contributed by atoms with van der Waals surface area (Å²) in [4.78, 5) is 13.6. The van der Waals surface area contributed by atoms with Crippen LogP contribution in [0.2, 0.25) is 0 Å². The predicted octanol–water partition coefficient (Wildman–Crippen LogP) is 2.78. The van der Waals surface area contributed by atoms with Crippen LogP contribution in [0.5, 0.6) is 0 Å². The Morgan fingerprint density at radius 1 is 1.43 bits per heavy atom. The van der Waals surface area contributed by atoms with Crippen LogP contribution in [0.15, 0.2) is 24.4 Å². The molecular weight excluding hydrogens is 309 g/mol. The Labute approximate surface area is 130 Å². The van der Waals surface area contributed by atoms with Gasteiger partial charge in [-0.15, -0.1) is 0 Å². The number of fused-ring (bicyclic) bond motifs is 1. The summed E-state index contributed by atoms with van der Waals surface area (Å²) in [6.07, 6.45) is -1.36. The number of hydrogen-bond acceptors (Lipinski definition) is 3. The second-order valence-corrected chi connectivity index (χ2v) is 5.85. The van der Waals surface area contributed by atoms with Gasteiger partial charge in [-0.05, 0) is 37.6 Å². The van der Waals surface area contributed by atoms with Crippen molar-refractivity contribution in [1.82, 2.24) is 15.1 Å².